The van der Waals surface area contributed by atoms with Crippen LogP contribution in [0.15, 0.2) is 45.8 Å². The Morgan fingerprint density at radius 1 is 0.950 bits per heavy atom. The molecule has 2 aromatic carbocycles. The average Bonchev–Trinajstić information content (AvgIpc) is 2.33. The number of nitrogens with one attached hydrogen (secondary N) is 1. The second-order valence-electron chi connectivity index (χ2n) is 4.86. The van der Waals surface area contributed by atoms with Gasteiger partial charge in [-0.05, 0) is 66.0 Å². The molecule has 0 aliphatic rings. The third kappa shape index (κ3) is 3.22. The van der Waals surface area contributed by atoms with Crippen molar-refractivity contribution >= 4 is 31.6 Å². The van der Waals surface area contributed by atoms with Crippen molar-refractivity contribution < 1.29 is 8.42 Å². The molecule has 0 amide bonds. The van der Waals surface area contributed by atoms with Crippen molar-refractivity contribution in [3.8, 4) is 0 Å². The summed E-state index contributed by atoms with van der Waals surface area (Å²) in [4.78, 5) is 0.302. The summed E-state index contributed by atoms with van der Waals surface area (Å²) in [5, 5.41) is 0. The van der Waals surface area contributed by atoms with Crippen molar-refractivity contribution in [2.24, 2.45) is 0 Å². The van der Waals surface area contributed by atoms with Crippen LogP contribution in [-0.4, -0.2) is 8.42 Å². The lowest BCUT2D eigenvalue weighted by Crippen LogP contribution is -2.14. The molecule has 5 heteroatoms. The van der Waals surface area contributed by atoms with Crippen LogP contribution in [0.4, 0.5) is 5.69 Å². The molecule has 2 aromatic rings. The molecule has 0 spiro atoms. The van der Waals surface area contributed by atoms with Crippen LogP contribution in [0.5, 0.6) is 0 Å². The standard InChI is InChI=1S/C15H16BrNO2S/c1-10-5-7-15(12(3)8-10)20(18,19)17-14-9-11(2)4-6-13(14)16/h4-9,17H,1-3H3. The Hall–Kier alpha value is -1.33. The fourth-order valence-electron chi connectivity index (χ4n) is 2.02. The fraction of sp³-hybridized carbons (Fsp3) is 0.200. The maximum absolute atomic E-state index is 12.5. The van der Waals surface area contributed by atoms with E-state index < -0.39 is 10.0 Å². The molecule has 2 rings (SSSR count). The number of anilines is 1. The molecule has 0 aromatic heterocycles. The fourth-order valence-corrected chi connectivity index (χ4v) is 3.79. The van der Waals surface area contributed by atoms with Crippen LogP contribution in [0, 0.1) is 20.8 Å². The van der Waals surface area contributed by atoms with Gasteiger partial charge < -0.3 is 0 Å². The summed E-state index contributed by atoms with van der Waals surface area (Å²) in [6.07, 6.45) is 0. The highest BCUT2D eigenvalue weighted by Gasteiger charge is 2.18. The van der Waals surface area contributed by atoms with Crippen molar-refractivity contribution in [2.45, 2.75) is 25.7 Å². The molecule has 0 fully saturated rings. The minimum Gasteiger partial charge on any atom is -0.278 e. The second kappa shape index (κ2) is 5.58. The predicted molar refractivity (Wildman–Crippen MR) is 85.6 cm³/mol. The van der Waals surface area contributed by atoms with Gasteiger partial charge in [-0.25, -0.2) is 8.42 Å². The third-order valence-corrected chi connectivity index (χ3v) is 5.20. The number of halogens is 1. The highest BCUT2D eigenvalue weighted by Crippen LogP contribution is 2.27. The molecule has 0 bridgehead atoms. The maximum Gasteiger partial charge on any atom is 0.262 e. The summed E-state index contributed by atoms with van der Waals surface area (Å²) in [6, 6.07) is 10.8. The lowest BCUT2D eigenvalue weighted by Gasteiger charge is -2.12. The van der Waals surface area contributed by atoms with E-state index in [2.05, 4.69) is 20.7 Å². The number of sulfonamides is 1. The summed E-state index contributed by atoms with van der Waals surface area (Å²) >= 11 is 3.36. The summed E-state index contributed by atoms with van der Waals surface area (Å²) in [6.45, 7) is 5.65. The molecule has 106 valence electrons. The molecule has 1 N–H and O–H groups in total. The molecule has 0 atom stereocenters. The zero-order valence-corrected chi connectivity index (χ0v) is 14.0. The lowest BCUT2D eigenvalue weighted by molar-refractivity contribution is 0.600. The molecule has 20 heavy (non-hydrogen) atoms. The van der Waals surface area contributed by atoms with Crippen molar-refractivity contribution in [3.05, 3.63) is 57.6 Å². The van der Waals surface area contributed by atoms with E-state index in [1.165, 1.54) is 0 Å². The summed E-state index contributed by atoms with van der Waals surface area (Å²) in [7, 11) is -3.58. The molecule has 0 radical (unpaired) electrons. The number of benzene rings is 2. The first-order valence-electron chi connectivity index (χ1n) is 6.16. The first-order chi connectivity index (χ1) is 9.29. The van der Waals surface area contributed by atoms with Gasteiger partial charge in [-0.1, -0.05) is 23.8 Å². The third-order valence-electron chi connectivity index (χ3n) is 2.99. The Kier molecular flexibility index (Phi) is 4.20. The van der Waals surface area contributed by atoms with E-state index >= 15 is 0 Å². The predicted octanol–water partition coefficient (Wildman–Crippen LogP) is 4.18. The van der Waals surface area contributed by atoms with Gasteiger partial charge in [-0.3, -0.25) is 4.72 Å². The molecule has 0 saturated heterocycles. The van der Waals surface area contributed by atoms with Gasteiger partial charge in [0.2, 0.25) is 0 Å². The average molecular weight is 354 g/mol. The van der Waals surface area contributed by atoms with E-state index in [1.807, 2.05) is 32.0 Å². The SMILES string of the molecule is Cc1ccc(S(=O)(=O)Nc2cc(C)ccc2Br)c(C)c1. The van der Waals surface area contributed by atoms with Gasteiger partial charge in [0.25, 0.3) is 10.0 Å². The second-order valence-corrected chi connectivity index (χ2v) is 7.36. The zero-order valence-electron chi connectivity index (χ0n) is 11.6. The normalized spacial score (nSPS) is 11.4. The Balaban J connectivity index is 2.43. The Morgan fingerprint density at radius 2 is 1.55 bits per heavy atom. The molecule has 0 unspecified atom stereocenters. The highest BCUT2D eigenvalue weighted by molar-refractivity contribution is 9.10. The molecule has 0 aliphatic carbocycles. The van der Waals surface area contributed by atoms with Crippen molar-refractivity contribution in [1.29, 1.82) is 0 Å². The molecule has 0 heterocycles. The Labute approximate surface area is 128 Å². The van der Waals surface area contributed by atoms with Gasteiger partial charge in [-0.15, -0.1) is 0 Å². The Morgan fingerprint density at radius 3 is 2.20 bits per heavy atom. The van der Waals surface area contributed by atoms with Crippen LogP contribution in [0.3, 0.4) is 0 Å². The summed E-state index contributed by atoms with van der Waals surface area (Å²) in [5.74, 6) is 0. The van der Waals surface area contributed by atoms with Crippen LogP contribution >= 0.6 is 15.9 Å². The molecule has 3 nitrogen and oxygen atoms in total. The minimum atomic E-state index is -3.58. The highest BCUT2D eigenvalue weighted by atomic mass is 79.9. The minimum absolute atomic E-state index is 0.302. The van der Waals surface area contributed by atoms with Crippen LogP contribution in [0.1, 0.15) is 16.7 Å². The monoisotopic (exact) mass is 353 g/mol. The molecule has 0 saturated carbocycles. The van der Waals surface area contributed by atoms with Crippen LogP contribution in [0.25, 0.3) is 0 Å². The first-order valence-corrected chi connectivity index (χ1v) is 8.43. The first kappa shape index (κ1) is 15.1. The maximum atomic E-state index is 12.5. The van der Waals surface area contributed by atoms with Crippen molar-refractivity contribution in [2.75, 3.05) is 4.72 Å². The van der Waals surface area contributed by atoms with E-state index in [1.54, 1.807) is 25.1 Å². The van der Waals surface area contributed by atoms with Gasteiger partial charge in [0.05, 0.1) is 10.6 Å². The molecular formula is C15H16BrNO2S. The molecular weight excluding hydrogens is 338 g/mol. The van der Waals surface area contributed by atoms with Crippen molar-refractivity contribution in [3.63, 3.8) is 0 Å². The Bertz CT molecular complexity index is 754. The van der Waals surface area contributed by atoms with Crippen LogP contribution in [0.2, 0.25) is 0 Å². The quantitative estimate of drug-likeness (QED) is 0.899. The number of rotatable bonds is 3. The summed E-state index contributed by atoms with van der Waals surface area (Å²) < 4.78 is 28.3. The van der Waals surface area contributed by atoms with Crippen LogP contribution < -0.4 is 4.72 Å². The molecule has 0 aliphatic heterocycles. The zero-order chi connectivity index (χ0) is 14.9. The van der Waals surface area contributed by atoms with Crippen molar-refractivity contribution in [1.82, 2.24) is 0 Å². The topological polar surface area (TPSA) is 46.2 Å². The van der Waals surface area contributed by atoms with E-state index in [0.717, 1.165) is 21.2 Å². The summed E-state index contributed by atoms with van der Waals surface area (Å²) in [5.41, 5.74) is 3.32. The van der Waals surface area contributed by atoms with Gasteiger partial charge >= 0.3 is 0 Å². The number of aryl methyl sites for hydroxylation is 3. The van der Waals surface area contributed by atoms with Crippen LogP contribution in [-0.2, 0) is 10.0 Å². The van der Waals surface area contributed by atoms with E-state index in [0.29, 0.717) is 10.6 Å². The van der Waals surface area contributed by atoms with E-state index in [9.17, 15) is 8.42 Å². The number of hydrogen-bond acceptors (Lipinski definition) is 2. The van der Waals surface area contributed by atoms with Gasteiger partial charge in [0.15, 0.2) is 0 Å². The van der Waals surface area contributed by atoms with Gasteiger partial charge in [0, 0.05) is 4.47 Å². The van der Waals surface area contributed by atoms with Gasteiger partial charge in [0.1, 0.15) is 0 Å². The smallest absolute Gasteiger partial charge is 0.262 e. The van der Waals surface area contributed by atoms with E-state index in [-0.39, 0.29) is 0 Å². The van der Waals surface area contributed by atoms with Gasteiger partial charge in [-0.2, -0.15) is 0 Å². The largest absolute Gasteiger partial charge is 0.278 e. The van der Waals surface area contributed by atoms with E-state index in [4.69, 9.17) is 0 Å². The number of hydrogen-bond donors (Lipinski definition) is 1. The lowest BCUT2D eigenvalue weighted by atomic mass is 10.2.